The maximum absolute atomic E-state index is 12.4. The standard InChI is InChI=1S/C17H20N4O5/c18-17(25)13-8-11(5-6-19-13)26-12-2-1-7-20(9-12)16(24)10-21-14(22)3-4-15(21)23/h5-6,8,12H,1-4,7,9-10H2,(H2,18,25). The number of likely N-dealkylation sites (tertiary alicyclic amines) is 2. The van der Waals surface area contributed by atoms with Crippen LogP contribution in [0.5, 0.6) is 5.75 Å². The Labute approximate surface area is 150 Å². The Bertz CT molecular complexity index is 734. The number of rotatable bonds is 5. The lowest BCUT2D eigenvalue weighted by Gasteiger charge is -2.33. The molecule has 3 heterocycles. The van der Waals surface area contributed by atoms with Crippen LogP contribution in [0, 0.1) is 0 Å². The molecule has 2 fully saturated rings. The van der Waals surface area contributed by atoms with E-state index < -0.39 is 5.91 Å². The van der Waals surface area contributed by atoms with Gasteiger partial charge in [0, 0.05) is 31.6 Å². The second-order valence-corrected chi connectivity index (χ2v) is 6.34. The van der Waals surface area contributed by atoms with Crippen molar-refractivity contribution in [2.75, 3.05) is 19.6 Å². The summed E-state index contributed by atoms with van der Waals surface area (Å²) in [5, 5.41) is 0. The fourth-order valence-corrected chi connectivity index (χ4v) is 3.11. The minimum absolute atomic E-state index is 0.109. The summed E-state index contributed by atoms with van der Waals surface area (Å²) < 4.78 is 5.85. The molecule has 138 valence electrons. The second-order valence-electron chi connectivity index (χ2n) is 6.34. The van der Waals surface area contributed by atoms with Crippen molar-refractivity contribution in [2.45, 2.75) is 31.8 Å². The third kappa shape index (κ3) is 3.98. The SMILES string of the molecule is NC(=O)c1cc(OC2CCCN(C(=O)CN3C(=O)CCC3=O)C2)ccn1. The number of hydrogen-bond donors (Lipinski definition) is 1. The predicted molar refractivity (Wildman–Crippen MR) is 88.9 cm³/mol. The number of nitrogens with zero attached hydrogens (tertiary/aromatic N) is 3. The molecule has 2 aliphatic heterocycles. The first-order valence-corrected chi connectivity index (χ1v) is 8.47. The van der Waals surface area contributed by atoms with Gasteiger partial charge in [0.05, 0.1) is 6.54 Å². The molecule has 0 radical (unpaired) electrons. The van der Waals surface area contributed by atoms with Gasteiger partial charge in [-0.3, -0.25) is 29.1 Å². The quantitative estimate of drug-likeness (QED) is 0.719. The van der Waals surface area contributed by atoms with Gasteiger partial charge in [-0.1, -0.05) is 0 Å². The van der Waals surface area contributed by atoms with Gasteiger partial charge in [-0.25, -0.2) is 0 Å². The van der Waals surface area contributed by atoms with E-state index in [1.165, 1.54) is 12.3 Å². The van der Waals surface area contributed by atoms with Crippen LogP contribution in [0.25, 0.3) is 0 Å². The summed E-state index contributed by atoms with van der Waals surface area (Å²) in [6.45, 7) is 0.687. The molecule has 0 spiro atoms. The molecule has 0 saturated carbocycles. The van der Waals surface area contributed by atoms with Gasteiger partial charge in [0.1, 0.15) is 24.1 Å². The molecule has 2 saturated heterocycles. The first kappa shape index (κ1) is 17.8. The highest BCUT2D eigenvalue weighted by Gasteiger charge is 2.33. The van der Waals surface area contributed by atoms with Crippen molar-refractivity contribution in [3.8, 4) is 5.75 Å². The van der Waals surface area contributed by atoms with Crippen LogP contribution in [0.4, 0.5) is 0 Å². The second kappa shape index (κ2) is 7.51. The Hall–Kier alpha value is -2.97. The summed E-state index contributed by atoms with van der Waals surface area (Å²) in [4.78, 5) is 53.4. The number of imide groups is 1. The number of nitrogens with two attached hydrogens (primary N) is 1. The van der Waals surface area contributed by atoms with Crippen molar-refractivity contribution >= 4 is 23.6 Å². The van der Waals surface area contributed by atoms with E-state index in [4.69, 9.17) is 10.5 Å². The minimum Gasteiger partial charge on any atom is -0.488 e. The van der Waals surface area contributed by atoms with Crippen molar-refractivity contribution in [1.29, 1.82) is 0 Å². The summed E-state index contributed by atoms with van der Waals surface area (Å²) in [5.41, 5.74) is 5.32. The summed E-state index contributed by atoms with van der Waals surface area (Å²) in [6, 6.07) is 3.08. The van der Waals surface area contributed by atoms with Crippen molar-refractivity contribution < 1.29 is 23.9 Å². The lowest BCUT2D eigenvalue weighted by molar-refractivity contribution is -0.146. The number of amides is 4. The normalized spacial score (nSPS) is 20.4. The van der Waals surface area contributed by atoms with E-state index in [-0.39, 0.29) is 48.9 Å². The first-order valence-electron chi connectivity index (χ1n) is 8.47. The zero-order valence-corrected chi connectivity index (χ0v) is 14.2. The Morgan fingerprint density at radius 1 is 1.27 bits per heavy atom. The summed E-state index contributed by atoms with van der Waals surface area (Å²) in [6.07, 6.45) is 3.02. The molecular weight excluding hydrogens is 340 g/mol. The molecule has 1 unspecified atom stereocenters. The molecule has 0 aliphatic carbocycles. The highest BCUT2D eigenvalue weighted by Crippen LogP contribution is 2.20. The van der Waals surface area contributed by atoms with E-state index in [0.717, 1.165) is 17.7 Å². The maximum Gasteiger partial charge on any atom is 0.267 e. The number of piperidine rings is 1. The topological polar surface area (TPSA) is 123 Å². The van der Waals surface area contributed by atoms with Gasteiger partial charge in [0.2, 0.25) is 17.7 Å². The van der Waals surface area contributed by atoms with Gasteiger partial charge in [-0.15, -0.1) is 0 Å². The average Bonchev–Trinajstić information content (AvgIpc) is 2.94. The number of carbonyl (C=O) groups is 4. The number of pyridine rings is 1. The van der Waals surface area contributed by atoms with Crippen LogP contribution < -0.4 is 10.5 Å². The monoisotopic (exact) mass is 360 g/mol. The summed E-state index contributed by atoms with van der Waals surface area (Å²) in [5.74, 6) is -1.06. The number of ether oxygens (including phenoxy) is 1. The maximum atomic E-state index is 12.4. The van der Waals surface area contributed by atoms with Crippen LogP contribution in [0.2, 0.25) is 0 Å². The van der Waals surface area contributed by atoms with Crippen molar-refractivity contribution in [3.05, 3.63) is 24.0 Å². The molecule has 26 heavy (non-hydrogen) atoms. The van der Waals surface area contributed by atoms with Crippen LogP contribution >= 0.6 is 0 Å². The molecule has 9 heteroatoms. The highest BCUT2D eigenvalue weighted by molar-refractivity contribution is 6.04. The highest BCUT2D eigenvalue weighted by atomic mass is 16.5. The molecule has 2 N–H and O–H groups in total. The van der Waals surface area contributed by atoms with Crippen LogP contribution in [0.15, 0.2) is 18.3 Å². The van der Waals surface area contributed by atoms with Crippen molar-refractivity contribution in [2.24, 2.45) is 5.73 Å². The average molecular weight is 360 g/mol. The van der Waals surface area contributed by atoms with Gasteiger partial charge >= 0.3 is 0 Å². The summed E-state index contributed by atoms with van der Waals surface area (Å²) >= 11 is 0. The van der Waals surface area contributed by atoms with Crippen LogP contribution in [-0.4, -0.2) is 64.2 Å². The van der Waals surface area contributed by atoms with Crippen molar-refractivity contribution in [3.63, 3.8) is 0 Å². The fraction of sp³-hybridized carbons (Fsp3) is 0.471. The van der Waals surface area contributed by atoms with Crippen molar-refractivity contribution in [1.82, 2.24) is 14.8 Å². The van der Waals surface area contributed by atoms with E-state index in [9.17, 15) is 19.2 Å². The van der Waals surface area contributed by atoms with E-state index in [1.54, 1.807) is 11.0 Å². The number of carbonyl (C=O) groups excluding carboxylic acids is 4. The van der Waals surface area contributed by atoms with Crippen LogP contribution in [0.1, 0.15) is 36.2 Å². The van der Waals surface area contributed by atoms with Crippen LogP contribution in [0.3, 0.4) is 0 Å². The number of aromatic nitrogens is 1. The number of hydrogen-bond acceptors (Lipinski definition) is 6. The molecule has 2 aliphatic rings. The minimum atomic E-state index is -0.643. The lowest BCUT2D eigenvalue weighted by Crippen LogP contribution is -2.48. The molecule has 1 aromatic rings. The van der Waals surface area contributed by atoms with E-state index in [0.29, 0.717) is 18.8 Å². The third-order valence-corrected chi connectivity index (χ3v) is 4.47. The predicted octanol–water partition coefficient (Wildman–Crippen LogP) is -0.301. The molecule has 4 amide bonds. The Kier molecular flexibility index (Phi) is 5.15. The first-order chi connectivity index (χ1) is 12.4. The Balaban J connectivity index is 1.59. The fourth-order valence-electron chi connectivity index (χ4n) is 3.11. The number of primary amides is 1. The van der Waals surface area contributed by atoms with Gasteiger partial charge in [-0.05, 0) is 18.9 Å². The largest absolute Gasteiger partial charge is 0.488 e. The van der Waals surface area contributed by atoms with E-state index >= 15 is 0 Å². The Morgan fingerprint density at radius 2 is 2.00 bits per heavy atom. The molecule has 0 bridgehead atoms. The van der Waals surface area contributed by atoms with Crippen LogP contribution in [-0.2, 0) is 14.4 Å². The van der Waals surface area contributed by atoms with E-state index in [2.05, 4.69) is 4.98 Å². The summed E-state index contributed by atoms with van der Waals surface area (Å²) in [7, 11) is 0. The molecular formula is C17H20N4O5. The lowest BCUT2D eigenvalue weighted by atomic mass is 10.1. The zero-order chi connectivity index (χ0) is 18.7. The Morgan fingerprint density at radius 3 is 2.69 bits per heavy atom. The zero-order valence-electron chi connectivity index (χ0n) is 14.2. The molecule has 1 atom stereocenters. The van der Waals surface area contributed by atoms with Gasteiger partial charge in [0.25, 0.3) is 5.91 Å². The van der Waals surface area contributed by atoms with Gasteiger partial charge in [-0.2, -0.15) is 0 Å². The van der Waals surface area contributed by atoms with Gasteiger partial charge in [0.15, 0.2) is 0 Å². The molecule has 3 rings (SSSR count). The molecule has 9 nitrogen and oxygen atoms in total. The van der Waals surface area contributed by atoms with E-state index in [1.807, 2.05) is 0 Å². The third-order valence-electron chi connectivity index (χ3n) is 4.47. The smallest absolute Gasteiger partial charge is 0.267 e. The molecule has 1 aromatic heterocycles. The van der Waals surface area contributed by atoms with Gasteiger partial charge < -0.3 is 15.4 Å². The molecule has 0 aromatic carbocycles.